The van der Waals surface area contributed by atoms with Crippen LogP contribution in [0.3, 0.4) is 0 Å². The van der Waals surface area contributed by atoms with E-state index in [4.69, 9.17) is 4.52 Å². The van der Waals surface area contributed by atoms with Crippen LogP contribution in [0.5, 0.6) is 0 Å². The predicted octanol–water partition coefficient (Wildman–Crippen LogP) is 1.89. The van der Waals surface area contributed by atoms with Crippen molar-refractivity contribution >= 4 is 10.0 Å². The second-order valence-electron chi connectivity index (χ2n) is 7.32. The number of rotatable bonds is 5. The molecule has 0 amide bonds. The number of aromatic nitrogens is 4. The van der Waals surface area contributed by atoms with E-state index in [1.807, 2.05) is 31.2 Å². The van der Waals surface area contributed by atoms with E-state index < -0.39 is 10.0 Å². The topological polar surface area (TPSA) is 108 Å². The highest BCUT2D eigenvalue weighted by atomic mass is 32.2. The summed E-state index contributed by atoms with van der Waals surface area (Å²) in [5.74, 6) is 1.09. The Morgan fingerprint density at radius 1 is 1.07 bits per heavy atom. The molecule has 10 heteroatoms. The molecule has 154 valence electrons. The van der Waals surface area contributed by atoms with Gasteiger partial charge in [0.2, 0.25) is 21.7 Å². The summed E-state index contributed by atoms with van der Waals surface area (Å²) in [6.07, 6.45) is 0. The van der Waals surface area contributed by atoms with Gasteiger partial charge in [-0.15, -0.1) is 0 Å². The lowest BCUT2D eigenvalue weighted by molar-refractivity contribution is 0.163. The molecule has 0 unspecified atom stereocenters. The third-order valence-electron chi connectivity index (χ3n) is 5.13. The second-order valence-corrected chi connectivity index (χ2v) is 9.20. The summed E-state index contributed by atoms with van der Waals surface area (Å²) in [7, 11) is -3.55. The first kappa shape index (κ1) is 19.7. The number of piperazine rings is 1. The molecule has 0 aliphatic carbocycles. The van der Waals surface area contributed by atoms with Crippen LogP contribution in [-0.4, -0.2) is 64.1 Å². The summed E-state index contributed by atoms with van der Waals surface area (Å²) in [6.45, 7) is 7.96. The smallest absolute Gasteiger partial charge is 0.246 e. The highest BCUT2D eigenvalue weighted by Crippen LogP contribution is 2.23. The quantitative estimate of drug-likeness (QED) is 0.676. The van der Waals surface area contributed by atoms with Crippen molar-refractivity contribution < 1.29 is 12.9 Å². The molecule has 1 N–H and O–H groups in total. The molecule has 0 saturated carbocycles. The molecule has 1 aromatic carbocycles. The van der Waals surface area contributed by atoms with Gasteiger partial charge in [-0.3, -0.25) is 10.00 Å². The Labute approximate surface area is 169 Å². The van der Waals surface area contributed by atoms with Gasteiger partial charge in [0, 0.05) is 31.7 Å². The number of nitrogens with one attached hydrogen (secondary N) is 1. The van der Waals surface area contributed by atoms with Crippen molar-refractivity contribution in [1.29, 1.82) is 0 Å². The molecule has 0 atom stereocenters. The van der Waals surface area contributed by atoms with Gasteiger partial charge in [0.05, 0.1) is 17.9 Å². The highest BCUT2D eigenvalue weighted by Gasteiger charge is 2.32. The maximum absolute atomic E-state index is 12.9. The fraction of sp³-hybridized carbons (Fsp3) is 0.421. The summed E-state index contributed by atoms with van der Waals surface area (Å²) < 4.78 is 32.8. The Balaban J connectivity index is 1.39. The first-order valence-corrected chi connectivity index (χ1v) is 10.9. The molecule has 1 aliphatic rings. The summed E-state index contributed by atoms with van der Waals surface area (Å²) in [5, 5.41) is 10.8. The van der Waals surface area contributed by atoms with E-state index >= 15 is 0 Å². The maximum Gasteiger partial charge on any atom is 0.246 e. The Bertz CT molecular complexity index is 1080. The van der Waals surface area contributed by atoms with Crippen LogP contribution in [0.15, 0.2) is 33.7 Å². The predicted molar refractivity (Wildman–Crippen MR) is 107 cm³/mol. The molecule has 0 radical (unpaired) electrons. The van der Waals surface area contributed by atoms with E-state index in [1.54, 1.807) is 13.8 Å². The zero-order valence-electron chi connectivity index (χ0n) is 16.7. The van der Waals surface area contributed by atoms with Crippen molar-refractivity contribution in [2.75, 3.05) is 26.2 Å². The van der Waals surface area contributed by atoms with E-state index in [1.165, 1.54) is 9.87 Å². The first-order valence-electron chi connectivity index (χ1n) is 9.48. The van der Waals surface area contributed by atoms with E-state index in [9.17, 15) is 8.42 Å². The fourth-order valence-corrected chi connectivity index (χ4v) is 5.26. The molecule has 0 spiro atoms. The number of H-pyrrole nitrogens is 1. The van der Waals surface area contributed by atoms with Gasteiger partial charge in [0.25, 0.3) is 0 Å². The molecule has 1 fully saturated rings. The molecular weight excluding hydrogens is 392 g/mol. The van der Waals surface area contributed by atoms with Crippen LogP contribution < -0.4 is 0 Å². The van der Waals surface area contributed by atoms with Crippen LogP contribution in [0.4, 0.5) is 0 Å². The highest BCUT2D eigenvalue weighted by molar-refractivity contribution is 7.89. The van der Waals surface area contributed by atoms with Crippen LogP contribution in [0, 0.1) is 20.8 Å². The van der Waals surface area contributed by atoms with E-state index in [0.29, 0.717) is 55.8 Å². The van der Waals surface area contributed by atoms with Crippen molar-refractivity contribution in [3.05, 3.63) is 47.1 Å². The van der Waals surface area contributed by atoms with Crippen LogP contribution in [-0.2, 0) is 16.6 Å². The van der Waals surface area contributed by atoms with Gasteiger partial charge >= 0.3 is 0 Å². The van der Waals surface area contributed by atoms with Gasteiger partial charge < -0.3 is 4.52 Å². The zero-order valence-corrected chi connectivity index (χ0v) is 17.5. The first-order chi connectivity index (χ1) is 13.8. The minimum Gasteiger partial charge on any atom is -0.338 e. The summed E-state index contributed by atoms with van der Waals surface area (Å²) in [5.41, 5.74) is 3.15. The molecule has 29 heavy (non-hydrogen) atoms. The number of benzene rings is 1. The molecule has 9 nitrogen and oxygen atoms in total. The Hall–Kier alpha value is -2.56. The normalized spacial score (nSPS) is 16.4. The van der Waals surface area contributed by atoms with Gasteiger partial charge in [-0.1, -0.05) is 35.0 Å². The van der Waals surface area contributed by atoms with E-state index in [2.05, 4.69) is 25.2 Å². The third kappa shape index (κ3) is 3.96. The summed E-state index contributed by atoms with van der Waals surface area (Å²) in [6, 6.07) is 7.95. The van der Waals surface area contributed by atoms with Crippen LogP contribution in [0.1, 0.15) is 22.8 Å². The SMILES string of the molecule is Cc1ccc(-c2noc(CN3CCN(S(=O)(=O)c4c(C)n[nH]c4C)CC3)n2)cc1. The zero-order chi connectivity index (χ0) is 20.6. The average molecular weight is 417 g/mol. The van der Waals surface area contributed by atoms with E-state index in [-0.39, 0.29) is 4.90 Å². The van der Waals surface area contributed by atoms with Crippen LogP contribution in [0.25, 0.3) is 11.4 Å². The number of nitrogens with zero attached hydrogens (tertiary/aromatic N) is 5. The number of aromatic amines is 1. The van der Waals surface area contributed by atoms with Gasteiger partial charge in [-0.25, -0.2) is 8.42 Å². The van der Waals surface area contributed by atoms with Crippen molar-refractivity contribution in [2.24, 2.45) is 0 Å². The molecule has 1 aliphatic heterocycles. The Morgan fingerprint density at radius 2 is 1.76 bits per heavy atom. The van der Waals surface area contributed by atoms with Crippen LogP contribution in [0.2, 0.25) is 0 Å². The van der Waals surface area contributed by atoms with Crippen molar-refractivity contribution in [3.8, 4) is 11.4 Å². The summed E-state index contributed by atoms with van der Waals surface area (Å²) in [4.78, 5) is 6.87. The standard InChI is InChI=1S/C19H24N6O3S/c1-13-4-6-16(7-5-13)19-20-17(28-23-19)12-24-8-10-25(11-9-24)29(26,27)18-14(2)21-22-15(18)3/h4-7H,8-12H2,1-3H3,(H,21,22). The minimum atomic E-state index is -3.55. The molecule has 4 rings (SSSR count). The van der Waals surface area contributed by atoms with Crippen molar-refractivity contribution in [3.63, 3.8) is 0 Å². The van der Waals surface area contributed by atoms with Gasteiger partial charge in [0.1, 0.15) is 4.90 Å². The fourth-order valence-electron chi connectivity index (χ4n) is 3.51. The lowest BCUT2D eigenvalue weighted by Gasteiger charge is -2.33. The number of aryl methyl sites for hydroxylation is 3. The molecular formula is C19H24N6O3S. The van der Waals surface area contributed by atoms with E-state index in [0.717, 1.165) is 5.56 Å². The van der Waals surface area contributed by atoms with Gasteiger partial charge in [-0.05, 0) is 20.8 Å². The Morgan fingerprint density at radius 3 is 2.38 bits per heavy atom. The number of sulfonamides is 1. The van der Waals surface area contributed by atoms with Gasteiger partial charge in [0.15, 0.2) is 0 Å². The third-order valence-corrected chi connectivity index (χ3v) is 7.29. The minimum absolute atomic E-state index is 0.283. The van der Waals surface area contributed by atoms with Crippen molar-refractivity contribution in [2.45, 2.75) is 32.2 Å². The summed E-state index contributed by atoms with van der Waals surface area (Å²) >= 11 is 0. The monoisotopic (exact) mass is 416 g/mol. The number of hydrogen-bond acceptors (Lipinski definition) is 7. The molecule has 0 bridgehead atoms. The second kappa shape index (κ2) is 7.69. The van der Waals surface area contributed by atoms with Crippen molar-refractivity contribution in [1.82, 2.24) is 29.5 Å². The molecule has 1 saturated heterocycles. The molecule has 3 aromatic rings. The lowest BCUT2D eigenvalue weighted by atomic mass is 10.1. The van der Waals surface area contributed by atoms with Gasteiger partial charge in [-0.2, -0.15) is 14.4 Å². The average Bonchev–Trinajstić information content (AvgIpc) is 3.29. The number of hydrogen-bond donors (Lipinski definition) is 1. The lowest BCUT2D eigenvalue weighted by Crippen LogP contribution is -2.48. The molecule has 2 aromatic heterocycles. The van der Waals surface area contributed by atoms with Crippen LogP contribution >= 0.6 is 0 Å². The Kier molecular flexibility index (Phi) is 5.24. The largest absolute Gasteiger partial charge is 0.338 e. The molecule has 3 heterocycles. The maximum atomic E-state index is 12.9.